The third-order valence-corrected chi connectivity index (χ3v) is 7.43. The molecule has 4 aromatic rings. The highest BCUT2D eigenvalue weighted by Gasteiger charge is 2.24. The summed E-state index contributed by atoms with van der Waals surface area (Å²) in [5.74, 6) is 0.963. The van der Waals surface area contributed by atoms with Gasteiger partial charge in [-0.25, -0.2) is 4.98 Å². The summed E-state index contributed by atoms with van der Waals surface area (Å²) >= 11 is 12.2. The first-order valence-corrected chi connectivity index (χ1v) is 12.0. The summed E-state index contributed by atoms with van der Waals surface area (Å²) in [6, 6.07) is 20.7. The molecule has 0 atom stereocenters. The lowest BCUT2D eigenvalue weighted by molar-refractivity contribution is -0.138. The third kappa shape index (κ3) is 4.78. The molecule has 0 radical (unpaired) electrons. The number of nitrogens with one attached hydrogen (secondary N) is 1. The molecule has 1 aliphatic carbocycles. The molecule has 2 N–H and O–H groups in total. The van der Waals surface area contributed by atoms with Crippen molar-refractivity contribution in [1.82, 2.24) is 9.97 Å². The number of imidazole rings is 1. The molecule has 1 fully saturated rings. The maximum atomic E-state index is 10.9. The minimum Gasteiger partial charge on any atom is -0.481 e. The standard InChI is InChI=1S/C27H24Cl2N2O2/c28-22-14-24-25(15-23(22)29)31-27(30-24)21-11-9-20(10-12-21)19-7-5-18(6-8-19)17-3-1-16(2-4-17)13-26(32)33/h5-12,14-17H,1-4,13H2,(H,30,31)(H,32,33). The summed E-state index contributed by atoms with van der Waals surface area (Å²) in [6.45, 7) is 0. The summed E-state index contributed by atoms with van der Waals surface area (Å²) in [5, 5.41) is 10.0. The Bertz CT molecular complexity index is 1250. The number of nitrogens with zero attached hydrogens (tertiary/aromatic N) is 1. The molecule has 0 amide bonds. The largest absolute Gasteiger partial charge is 0.481 e. The molecule has 0 bridgehead atoms. The Morgan fingerprint density at radius 3 is 2.09 bits per heavy atom. The zero-order chi connectivity index (χ0) is 22.9. The first-order valence-electron chi connectivity index (χ1n) is 11.2. The Balaban J connectivity index is 1.28. The van der Waals surface area contributed by atoms with Gasteiger partial charge in [-0.05, 0) is 66.3 Å². The van der Waals surface area contributed by atoms with Crippen LogP contribution in [0, 0.1) is 5.92 Å². The van der Waals surface area contributed by atoms with Crippen molar-refractivity contribution in [2.45, 2.75) is 38.0 Å². The number of H-pyrrole nitrogens is 1. The normalized spacial score (nSPS) is 18.5. The summed E-state index contributed by atoms with van der Waals surface area (Å²) in [4.78, 5) is 18.9. The van der Waals surface area contributed by atoms with E-state index in [0.29, 0.717) is 28.3 Å². The van der Waals surface area contributed by atoms with Gasteiger partial charge in [0.25, 0.3) is 0 Å². The summed E-state index contributed by atoms with van der Waals surface area (Å²) < 4.78 is 0. The number of aliphatic carboxylic acids is 1. The van der Waals surface area contributed by atoms with Crippen molar-refractivity contribution in [2.24, 2.45) is 5.92 Å². The molecular formula is C27H24Cl2N2O2. The molecule has 0 unspecified atom stereocenters. The maximum Gasteiger partial charge on any atom is 0.303 e. The molecular weight excluding hydrogens is 455 g/mol. The monoisotopic (exact) mass is 478 g/mol. The SMILES string of the molecule is O=C(O)CC1CCC(c2ccc(-c3ccc(-c4nc5cc(Cl)c(Cl)cc5[nH]4)cc3)cc2)CC1. The van der Waals surface area contributed by atoms with E-state index in [4.69, 9.17) is 28.3 Å². The van der Waals surface area contributed by atoms with Crippen LogP contribution in [0.5, 0.6) is 0 Å². The van der Waals surface area contributed by atoms with Gasteiger partial charge >= 0.3 is 5.97 Å². The minimum atomic E-state index is -0.678. The number of benzene rings is 3. The van der Waals surface area contributed by atoms with Gasteiger partial charge in [0, 0.05) is 12.0 Å². The van der Waals surface area contributed by atoms with Gasteiger partial charge in [0.2, 0.25) is 0 Å². The fourth-order valence-corrected chi connectivity index (χ4v) is 5.18. The third-order valence-electron chi connectivity index (χ3n) is 6.71. The molecule has 6 heteroatoms. The maximum absolute atomic E-state index is 10.9. The van der Waals surface area contributed by atoms with Crippen LogP contribution in [0.15, 0.2) is 60.7 Å². The lowest BCUT2D eigenvalue weighted by Crippen LogP contribution is -2.16. The zero-order valence-corrected chi connectivity index (χ0v) is 19.5. The Hall–Kier alpha value is -2.82. The van der Waals surface area contributed by atoms with Crippen molar-refractivity contribution < 1.29 is 9.90 Å². The second kappa shape index (κ2) is 9.20. The van der Waals surface area contributed by atoms with Gasteiger partial charge in [-0.3, -0.25) is 4.79 Å². The summed E-state index contributed by atoms with van der Waals surface area (Å²) in [5.41, 5.74) is 6.32. The molecule has 168 valence electrons. The van der Waals surface area contributed by atoms with E-state index in [0.717, 1.165) is 53.7 Å². The molecule has 3 aromatic carbocycles. The summed E-state index contributed by atoms with van der Waals surface area (Å²) in [6.07, 6.45) is 4.44. The number of fused-ring (bicyclic) bond motifs is 1. The van der Waals surface area contributed by atoms with Gasteiger partial charge in [0.15, 0.2) is 0 Å². The second-order valence-corrected chi connectivity index (χ2v) is 9.70. The lowest BCUT2D eigenvalue weighted by Gasteiger charge is -2.28. The minimum absolute atomic E-state index is 0.303. The highest BCUT2D eigenvalue weighted by Crippen LogP contribution is 2.38. The molecule has 5 rings (SSSR count). The first-order chi connectivity index (χ1) is 16.0. The topological polar surface area (TPSA) is 66.0 Å². The average molecular weight is 479 g/mol. The average Bonchev–Trinajstić information content (AvgIpc) is 3.22. The highest BCUT2D eigenvalue weighted by molar-refractivity contribution is 6.42. The van der Waals surface area contributed by atoms with Crippen LogP contribution in [-0.2, 0) is 4.79 Å². The van der Waals surface area contributed by atoms with Gasteiger partial charge in [0.1, 0.15) is 5.82 Å². The van der Waals surface area contributed by atoms with Crippen LogP contribution >= 0.6 is 23.2 Å². The number of carboxylic acids is 1. The smallest absolute Gasteiger partial charge is 0.303 e. The van der Waals surface area contributed by atoms with Crippen molar-refractivity contribution >= 4 is 40.2 Å². The summed E-state index contributed by atoms with van der Waals surface area (Å²) in [7, 11) is 0. The molecule has 0 spiro atoms. The molecule has 4 nitrogen and oxygen atoms in total. The van der Waals surface area contributed by atoms with Gasteiger partial charge in [-0.2, -0.15) is 0 Å². The molecule has 1 aliphatic rings. The number of carbonyl (C=O) groups is 1. The number of hydrogen-bond donors (Lipinski definition) is 2. The Labute approximate surface area is 202 Å². The van der Waals surface area contributed by atoms with Crippen molar-refractivity contribution in [3.8, 4) is 22.5 Å². The van der Waals surface area contributed by atoms with Crippen LogP contribution in [0.25, 0.3) is 33.5 Å². The van der Waals surface area contributed by atoms with E-state index in [1.165, 1.54) is 11.1 Å². The van der Waals surface area contributed by atoms with E-state index >= 15 is 0 Å². The number of halogens is 2. The van der Waals surface area contributed by atoms with Gasteiger partial charge in [-0.1, -0.05) is 71.7 Å². The van der Waals surface area contributed by atoms with Crippen LogP contribution < -0.4 is 0 Å². The fraction of sp³-hybridized carbons (Fsp3) is 0.259. The predicted octanol–water partition coefficient (Wildman–Crippen LogP) is 7.95. The molecule has 0 aliphatic heterocycles. The van der Waals surface area contributed by atoms with Crippen LogP contribution in [-0.4, -0.2) is 21.0 Å². The van der Waals surface area contributed by atoms with Crippen molar-refractivity contribution in [3.63, 3.8) is 0 Å². The fourth-order valence-electron chi connectivity index (χ4n) is 4.86. The molecule has 0 saturated heterocycles. The van der Waals surface area contributed by atoms with E-state index in [-0.39, 0.29) is 0 Å². The van der Waals surface area contributed by atoms with E-state index in [1.54, 1.807) is 12.1 Å². The number of carboxylic acid groups (broad SMARTS) is 1. The van der Waals surface area contributed by atoms with Crippen LogP contribution in [0.4, 0.5) is 0 Å². The Kier molecular flexibility index (Phi) is 6.13. The molecule has 33 heavy (non-hydrogen) atoms. The quantitative estimate of drug-likeness (QED) is 0.305. The Morgan fingerprint density at radius 1 is 0.879 bits per heavy atom. The molecule has 1 heterocycles. The predicted molar refractivity (Wildman–Crippen MR) is 134 cm³/mol. The van der Waals surface area contributed by atoms with Gasteiger partial charge < -0.3 is 10.1 Å². The van der Waals surface area contributed by atoms with Crippen molar-refractivity contribution in [3.05, 3.63) is 76.3 Å². The zero-order valence-electron chi connectivity index (χ0n) is 18.0. The van der Waals surface area contributed by atoms with Crippen molar-refractivity contribution in [2.75, 3.05) is 0 Å². The van der Waals surface area contributed by atoms with E-state index in [1.807, 2.05) is 0 Å². The van der Waals surface area contributed by atoms with Crippen molar-refractivity contribution in [1.29, 1.82) is 0 Å². The van der Waals surface area contributed by atoms with Crippen LogP contribution in [0.1, 0.15) is 43.6 Å². The number of hydrogen-bond acceptors (Lipinski definition) is 2. The number of rotatable bonds is 5. The van der Waals surface area contributed by atoms with E-state index in [9.17, 15) is 4.79 Å². The van der Waals surface area contributed by atoms with Crippen LogP contribution in [0.3, 0.4) is 0 Å². The molecule has 1 aromatic heterocycles. The van der Waals surface area contributed by atoms with Gasteiger partial charge in [-0.15, -0.1) is 0 Å². The Morgan fingerprint density at radius 2 is 1.45 bits per heavy atom. The van der Waals surface area contributed by atoms with E-state index < -0.39 is 5.97 Å². The number of aromatic nitrogens is 2. The number of aromatic amines is 1. The van der Waals surface area contributed by atoms with E-state index in [2.05, 4.69) is 58.5 Å². The molecule has 1 saturated carbocycles. The van der Waals surface area contributed by atoms with Crippen LogP contribution in [0.2, 0.25) is 10.0 Å². The van der Waals surface area contributed by atoms with Gasteiger partial charge in [0.05, 0.1) is 21.1 Å². The lowest BCUT2D eigenvalue weighted by atomic mass is 9.77. The first kappa shape index (κ1) is 22.0. The second-order valence-electron chi connectivity index (χ2n) is 8.88. The highest BCUT2D eigenvalue weighted by atomic mass is 35.5.